The fourth-order valence-corrected chi connectivity index (χ4v) is 2.89. The van der Waals surface area contributed by atoms with Crippen LogP contribution in [0.4, 0.5) is 5.69 Å². The summed E-state index contributed by atoms with van der Waals surface area (Å²) in [6.45, 7) is 7.13. The maximum Gasteiger partial charge on any atom is 0.250 e. The van der Waals surface area contributed by atoms with Crippen LogP contribution in [-0.2, 0) is 4.74 Å². The lowest BCUT2D eigenvalue weighted by Crippen LogP contribution is -2.58. The van der Waals surface area contributed by atoms with Crippen LogP contribution in [0.15, 0.2) is 18.2 Å². The molecule has 1 amide bonds. The van der Waals surface area contributed by atoms with E-state index in [4.69, 9.17) is 22.1 Å². The molecule has 0 heterocycles. The van der Waals surface area contributed by atoms with Crippen molar-refractivity contribution in [2.75, 3.05) is 11.9 Å². The van der Waals surface area contributed by atoms with E-state index in [0.29, 0.717) is 16.6 Å². The number of anilines is 1. The van der Waals surface area contributed by atoms with Gasteiger partial charge in [0.2, 0.25) is 5.91 Å². The van der Waals surface area contributed by atoms with E-state index in [2.05, 4.69) is 19.2 Å². The Morgan fingerprint density at radius 2 is 2.25 bits per heavy atom. The molecule has 5 heteroatoms. The van der Waals surface area contributed by atoms with E-state index >= 15 is 0 Å². The zero-order chi connectivity index (χ0) is 14.9. The van der Waals surface area contributed by atoms with Gasteiger partial charge in [-0.05, 0) is 31.5 Å². The quantitative estimate of drug-likeness (QED) is 0.878. The van der Waals surface area contributed by atoms with Gasteiger partial charge in [0, 0.05) is 23.8 Å². The Kier molecular flexibility index (Phi) is 4.25. The summed E-state index contributed by atoms with van der Waals surface area (Å²) in [7, 11) is 0. The zero-order valence-electron chi connectivity index (χ0n) is 12.1. The molecule has 0 aromatic heterocycles. The van der Waals surface area contributed by atoms with Crippen molar-refractivity contribution in [1.82, 2.24) is 0 Å². The first-order valence-electron chi connectivity index (χ1n) is 6.83. The molecule has 0 radical (unpaired) electrons. The average Bonchev–Trinajstić information content (AvgIpc) is 2.37. The Balaban J connectivity index is 2.05. The summed E-state index contributed by atoms with van der Waals surface area (Å²) >= 11 is 6.05. The third-order valence-electron chi connectivity index (χ3n) is 4.12. The van der Waals surface area contributed by atoms with Crippen LogP contribution < -0.4 is 11.1 Å². The van der Waals surface area contributed by atoms with Crippen molar-refractivity contribution in [2.24, 2.45) is 11.1 Å². The largest absolute Gasteiger partial charge is 0.382 e. The number of hydrogen-bond acceptors (Lipinski definition) is 3. The van der Waals surface area contributed by atoms with Gasteiger partial charge in [-0.3, -0.25) is 4.79 Å². The lowest BCUT2D eigenvalue weighted by atomic mass is 9.64. The Labute approximate surface area is 124 Å². The van der Waals surface area contributed by atoms with E-state index in [9.17, 15) is 4.79 Å². The number of carbonyl (C=O) groups excluding carboxylic acids is 1. The summed E-state index contributed by atoms with van der Waals surface area (Å²) in [5.74, 6) is -0.512. The van der Waals surface area contributed by atoms with Gasteiger partial charge in [-0.2, -0.15) is 0 Å². The van der Waals surface area contributed by atoms with Crippen LogP contribution in [0.3, 0.4) is 0 Å². The highest BCUT2D eigenvalue weighted by Crippen LogP contribution is 2.44. The topological polar surface area (TPSA) is 64.3 Å². The predicted molar refractivity (Wildman–Crippen MR) is 81.2 cm³/mol. The molecule has 1 fully saturated rings. The minimum Gasteiger partial charge on any atom is -0.382 e. The molecule has 2 unspecified atom stereocenters. The molecule has 1 aromatic carbocycles. The molecule has 0 bridgehead atoms. The summed E-state index contributed by atoms with van der Waals surface area (Å²) in [6, 6.07) is 5.55. The number of carbonyl (C=O) groups is 1. The number of nitrogens with two attached hydrogens (primary N) is 1. The molecular weight excluding hydrogens is 276 g/mol. The van der Waals surface area contributed by atoms with Gasteiger partial charge in [0.1, 0.15) is 0 Å². The molecule has 2 rings (SSSR count). The van der Waals surface area contributed by atoms with Crippen molar-refractivity contribution in [3.8, 4) is 0 Å². The van der Waals surface area contributed by atoms with E-state index in [0.717, 1.165) is 18.7 Å². The van der Waals surface area contributed by atoms with Crippen molar-refractivity contribution in [3.63, 3.8) is 0 Å². The lowest BCUT2D eigenvalue weighted by molar-refractivity contribution is -0.0975. The van der Waals surface area contributed by atoms with Gasteiger partial charge in [0.25, 0.3) is 0 Å². The fraction of sp³-hybridized carbons (Fsp3) is 0.533. The molecule has 0 saturated heterocycles. The van der Waals surface area contributed by atoms with Gasteiger partial charge in [-0.15, -0.1) is 0 Å². The Morgan fingerprint density at radius 3 is 2.75 bits per heavy atom. The number of ether oxygens (including phenoxy) is 1. The number of halogens is 1. The number of rotatable bonds is 5. The van der Waals surface area contributed by atoms with Crippen LogP contribution in [0.2, 0.25) is 5.02 Å². The van der Waals surface area contributed by atoms with Crippen molar-refractivity contribution in [2.45, 2.75) is 39.3 Å². The van der Waals surface area contributed by atoms with E-state index < -0.39 is 5.91 Å². The van der Waals surface area contributed by atoms with Gasteiger partial charge in [0.05, 0.1) is 16.7 Å². The first kappa shape index (κ1) is 15.1. The SMILES string of the molecule is CCOC1CC(Nc2ccc(C(N)=O)c(Cl)c2)C1(C)C. The summed E-state index contributed by atoms with van der Waals surface area (Å²) in [4.78, 5) is 11.1. The summed E-state index contributed by atoms with van der Waals surface area (Å²) in [6.07, 6.45) is 1.25. The normalized spacial score (nSPS) is 24.0. The van der Waals surface area contributed by atoms with Crippen LogP contribution in [0.1, 0.15) is 37.6 Å². The number of amides is 1. The average molecular weight is 297 g/mol. The molecule has 1 aliphatic carbocycles. The number of nitrogens with one attached hydrogen (secondary N) is 1. The zero-order valence-corrected chi connectivity index (χ0v) is 12.8. The smallest absolute Gasteiger partial charge is 0.250 e. The molecule has 0 aliphatic heterocycles. The van der Waals surface area contributed by atoms with Crippen molar-refractivity contribution in [1.29, 1.82) is 0 Å². The Morgan fingerprint density at radius 1 is 1.55 bits per heavy atom. The van der Waals surface area contributed by atoms with Gasteiger partial charge in [-0.1, -0.05) is 25.4 Å². The van der Waals surface area contributed by atoms with E-state index in [1.54, 1.807) is 12.1 Å². The standard InChI is InChI=1S/C15H21ClN2O2/c1-4-20-13-8-12(15(13,2)3)18-9-5-6-10(14(17)19)11(16)7-9/h5-7,12-13,18H,4,8H2,1-3H3,(H2,17,19). The van der Waals surface area contributed by atoms with Crippen LogP contribution >= 0.6 is 11.6 Å². The van der Waals surface area contributed by atoms with Gasteiger partial charge >= 0.3 is 0 Å². The third-order valence-corrected chi connectivity index (χ3v) is 4.43. The molecule has 1 aliphatic rings. The molecule has 110 valence electrons. The van der Waals surface area contributed by atoms with Crippen LogP contribution in [0.25, 0.3) is 0 Å². The molecule has 0 spiro atoms. The molecule has 2 atom stereocenters. The van der Waals surface area contributed by atoms with Crippen LogP contribution in [0, 0.1) is 5.41 Å². The highest BCUT2D eigenvalue weighted by Gasteiger charge is 2.48. The molecule has 3 N–H and O–H groups in total. The van der Waals surface area contributed by atoms with Crippen molar-refractivity contribution in [3.05, 3.63) is 28.8 Å². The van der Waals surface area contributed by atoms with E-state index in [1.165, 1.54) is 0 Å². The fourth-order valence-electron chi connectivity index (χ4n) is 2.62. The second-order valence-corrected chi connectivity index (χ2v) is 6.16. The third kappa shape index (κ3) is 2.76. The molecule has 1 aromatic rings. The Hall–Kier alpha value is -1.26. The summed E-state index contributed by atoms with van der Waals surface area (Å²) in [5, 5.41) is 3.82. The van der Waals surface area contributed by atoms with Crippen LogP contribution in [-0.4, -0.2) is 24.7 Å². The summed E-state index contributed by atoms with van der Waals surface area (Å²) in [5.41, 5.74) is 6.55. The second-order valence-electron chi connectivity index (χ2n) is 5.76. The van der Waals surface area contributed by atoms with Gasteiger partial charge < -0.3 is 15.8 Å². The monoisotopic (exact) mass is 296 g/mol. The second kappa shape index (κ2) is 5.62. The molecule has 20 heavy (non-hydrogen) atoms. The van der Waals surface area contributed by atoms with Crippen molar-refractivity contribution >= 4 is 23.2 Å². The minimum absolute atomic E-state index is 0.0743. The first-order valence-corrected chi connectivity index (χ1v) is 7.21. The maximum atomic E-state index is 11.1. The first-order chi connectivity index (χ1) is 9.36. The number of primary amides is 1. The molecule has 4 nitrogen and oxygen atoms in total. The minimum atomic E-state index is -0.512. The summed E-state index contributed by atoms with van der Waals surface area (Å²) < 4.78 is 5.71. The number of benzene rings is 1. The highest BCUT2D eigenvalue weighted by atomic mass is 35.5. The molecular formula is C15H21ClN2O2. The lowest BCUT2D eigenvalue weighted by Gasteiger charge is -2.52. The van der Waals surface area contributed by atoms with Crippen LogP contribution in [0.5, 0.6) is 0 Å². The highest BCUT2D eigenvalue weighted by molar-refractivity contribution is 6.34. The van der Waals surface area contributed by atoms with E-state index in [-0.39, 0.29) is 11.5 Å². The van der Waals surface area contributed by atoms with Gasteiger partial charge in [-0.25, -0.2) is 0 Å². The Bertz CT molecular complexity index is 517. The van der Waals surface area contributed by atoms with E-state index in [1.807, 2.05) is 13.0 Å². The molecule has 1 saturated carbocycles. The number of hydrogen-bond donors (Lipinski definition) is 2. The predicted octanol–water partition coefficient (Wildman–Crippen LogP) is 3.05. The maximum absolute atomic E-state index is 11.1. The van der Waals surface area contributed by atoms with Crippen molar-refractivity contribution < 1.29 is 9.53 Å². The van der Waals surface area contributed by atoms with Gasteiger partial charge in [0.15, 0.2) is 0 Å².